The minimum absolute atomic E-state index is 0.0604. The van der Waals surface area contributed by atoms with Crippen LogP contribution in [-0.4, -0.2) is 36.0 Å². The molecule has 3 aromatic rings. The first-order chi connectivity index (χ1) is 15.5. The van der Waals surface area contributed by atoms with Crippen LogP contribution in [0, 0.1) is 0 Å². The van der Waals surface area contributed by atoms with Gasteiger partial charge in [0.2, 0.25) is 0 Å². The molecule has 0 radical (unpaired) electrons. The second kappa shape index (κ2) is 8.65. The van der Waals surface area contributed by atoms with Crippen LogP contribution in [0.1, 0.15) is 52.3 Å². The Morgan fingerprint density at radius 1 is 1.09 bits per heavy atom. The van der Waals surface area contributed by atoms with Crippen LogP contribution < -0.4 is 9.62 Å². The molecule has 7 nitrogen and oxygen atoms in total. The van der Waals surface area contributed by atoms with Gasteiger partial charge in [-0.1, -0.05) is 49.7 Å². The van der Waals surface area contributed by atoms with E-state index in [1.165, 1.54) is 0 Å². The molecule has 0 aliphatic carbocycles. The molecule has 0 amide bonds. The maximum atomic E-state index is 13.2. The fraction of sp³-hybridized carbons (Fsp3) is 0.417. The van der Waals surface area contributed by atoms with Gasteiger partial charge in [-0.05, 0) is 68.0 Å². The Morgan fingerprint density at radius 2 is 1.79 bits per heavy atom. The van der Waals surface area contributed by atoms with Gasteiger partial charge in [0.25, 0.3) is 10.0 Å². The molecule has 0 saturated heterocycles. The number of rotatable bonds is 5. The molecule has 0 unspecified atom stereocenters. The average molecular weight is 488 g/mol. The van der Waals surface area contributed by atoms with E-state index in [9.17, 15) is 8.42 Å². The normalized spacial score (nSPS) is 14.5. The Morgan fingerprint density at radius 3 is 2.42 bits per heavy atom. The summed E-state index contributed by atoms with van der Waals surface area (Å²) in [6, 6.07) is 12.3. The topological polar surface area (TPSA) is 80.1 Å². The minimum Gasteiger partial charge on any atom is -0.351 e. The quantitative estimate of drug-likeness (QED) is 0.536. The SMILES string of the molecule is CC(C)N1CCCc2c1nnn2-c1cc(Cl)ccc1NS(=O)(=O)c1ccc(C(C)(C)C)cc1. The number of benzene rings is 2. The van der Waals surface area contributed by atoms with E-state index in [2.05, 4.69) is 54.6 Å². The van der Waals surface area contributed by atoms with Gasteiger partial charge in [-0.3, -0.25) is 4.72 Å². The molecule has 2 heterocycles. The van der Waals surface area contributed by atoms with Gasteiger partial charge in [0, 0.05) is 17.6 Å². The third-order valence-corrected chi connectivity index (χ3v) is 7.53. The highest BCUT2D eigenvalue weighted by Crippen LogP contribution is 2.33. The fourth-order valence-corrected chi connectivity index (χ4v) is 5.30. The molecule has 0 saturated carbocycles. The number of halogens is 1. The monoisotopic (exact) mass is 487 g/mol. The molecule has 0 atom stereocenters. The van der Waals surface area contributed by atoms with Crippen LogP contribution in [0.3, 0.4) is 0 Å². The van der Waals surface area contributed by atoms with E-state index in [-0.39, 0.29) is 10.3 Å². The van der Waals surface area contributed by atoms with Gasteiger partial charge < -0.3 is 4.90 Å². The van der Waals surface area contributed by atoms with Crippen molar-refractivity contribution in [2.45, 2.75) is 63.8 Å². The first kappa shape index (κ1) is 23.6. The van der Waals surface area contributed by atoms with E-state index < -0.39 is 10.0 Å². The summed E-state index contributed by atoms with van der Waals surface area (Å²) in [6.07, 6.45) is 1.78. The number of sulfonamides is 1. The molecule has 0 fully saturated rings. The third kappa shape index (κ3) is 4.73. The Kier molecular flexibility index (Phi) is 6.18. The molecule has 0 spiro atoms. The van der Waals surface area contributed by atoms with Crippen molar-refractivity contribution in [3.8, 4) is 5.69 Å². The molecule has 4 rings (SSSR count). The van der Waals surface area contributed by atoms with Crippen LogP contribution in [0.4, 0.5) is 11.5 Å². The van der Waals surface area contributed by atoms with Crippen LogP contribution in [0.2, 0.25) is 5.02 Å². The highest BCUT2D eigenvalue weighted by Gasteiger charge is 2.27. The summed E-state index contributed by atoms with van der Waals surface area (Å²) in [5.74, 6) is 0.836. The lowest BCUT2D eigenvalue weighted by molar-refractivity contribution is 0.587. The van der Waals surface area contributed by atoms with Crippen LogP contribution in [-0.2, 0) is 21.9 Å². The molecule has 9 heteroatoms. The predicted octanol–water partition coefficient (Wildman–Crippen LogP) is 5.18. The zero-order valence-electron chi connectivity index (χ0n) is 19.6. The summed E-state index contributed by atoms with van der Waals surface area (Å²) < 4.78 is 30.8. The summed E-state index contributed by atoms with van der Waals surface area (Å²) in [6.45, 7) is 11.4. The molecular weight excluding hydrogens is 458 g/mol. The van der Waals surface area contributed by atoms with Crippen molar-refractivity contribution >= 4 is 33.1 Å². The van der Waals surface area contributed by atoms with Crippen molar-refractivity contribution in [1.29, 1.82) is 0 Å². The Hall–Kier alpha value is -2.58. The van der Waals surface area contributed by atoms with Gasteiger partial charge in [0.05, 0.1) is 22.0 Å². The standard InChI is InChI=1S/C24H30ClN5O2S/c1-16(2)29-14-6-7-21-23(29)26-28-30(21)22-15-18(25)10-13-20(22)27-33(31,32)19-11-8-17(9-12-19)24(3,4)5/h8-13,15-16,27H,6-7,14H2,1-5H3. The number of anilines is 2. The molecule has 2 aromatic carbocycles. The molecular formula is C24H30ClN5O2S. The minimum atomic E-state index is -3.81. The van der Waals surface area contributed by atoms with E-state index in [0.717, 1.165) is 36.5 Å². The van der Waals surface area contributed by atoms with Crippen molar-refractivity contribution < 1.29 is 8.42 Å². The average Bonchev–Trinajstić information content (AvgIpc) is 3.18. The molecule has 33 heavy (non-hydrogen) atoms. The smallest absolute Gasteiger partial charge is 0.261 e. The summed E-state index contributed by atoms with van der Waals surface area (Å²) in [5.41, 5.74) is 2.91. The number of fused-ring (bicyclic) bond motifs is 1. The molecule has 1 N–H and O–H groups in total. The van der Waals surface area contributed by atoms with E-state index in [0.29, 0.717) is 22.4 Å². The zero-order valence-corrected chi connectivity index (χ0v) is 21.2. The van der Waals surface area contributed by atoms with E-state index in [1.54, 1.807) is 35.0 Å². The number of hydrogen-bond acceptors (Lipinski definition) is 5. The number of hydrogen-bond donors (Lipinski definition) is 1. The molecule has 176 valence electrons. The highest BCUT2D eigenvalue weighted by molar-refractivity contribution is 7.92. The lowest BCUT2D eigenvalue weighted by Crippen LogP contribution is -2.35. The van der Waals surface area contributed by atoms with Crippen LogP contribution in [0.15, 0.2) is 47.4 Å². The summed E-state index contributed by atoms with van der Waals surface area (Å²) in [5, 5.41) is 9.28. The highest BCUT2D eigenvalue weighted by atomic mass is 35.5. The van der Waals surface area contributed by atoms with Crippen LogP contribution in [0.25, 0.3) is 5.69 Å². The molecule has 1 aliphatic rings. The van der Waals surface area contributed by atoms with Crippen molar-refractivity contribution in [2.24, 2.45) is 0 Å². The van der Waals surface area contributed by atoms with E-state index in [4.69, 9.17) is 11.6 Å². The van der Waals surface area contributed by atoms with Gasteiger partial charge in [-0.15, -0.1) is 5.10 Å². The van der Waals surface area contributed by atoms with E-state index in [1.807, 2.05) is 12.1 Å². The lowest BCUT2D eigenvalue weighted by atomic mass is 9.87. The second-order valence-electron chi connectivity index (χ2n) is 9.70. The van der Waals surface area contributed by atoms with Crippen LogP contribution >= 0.6 is 11.6 Å². The summed E-state index contributed by atoms with van der Waals surface area (Å²) in [4.78, 5) is 2.41. The summed E-state index contributed by atoms with van der Waals surface area (Å²) in [7, 11) is -3.81. The Labute approximate surface area is 200 Å². The summed E-state index contributed by atoms with van der Waals surface area (Å²) >= 11 is 6.30. The number of aromatic nitrogens is 3. The Bertz CT molecular complexity index is 1260. The van der Waals surface area contributed by atoms with Gasteiger partial charge >= 0.3 is 0 Å². The first-order valence-corrected chi connectivity index (χ1v) is 13.0. The van der Waals surface area contributed by atoms with Gasteiger partial charge in [0.1, 0.15) is 0 Å². The van der Waals surface area contributed by atoms with Crippen molar-refractivity contribution in [2.75, 3.05) is 16.2 Å². The fourth-order valence-electron chi connectivity index (χ4n) is 4.06. The molecule has 0 bridgehead atoms. The van der Waals surface area contributed by atoms with Gasteiger partial charge in [-0.2, -0.15) is 0 Å². The molecule has 1 aromatic heterocycles. The van der Waals surface area contributed by atoms with Gasteiger partial charge in [-0.25, -0.2) is 13.1 Å². The first-order valence-electron chi connectivity index (χ1n) is 11.1. The van der Waals surface area contributed by atoms with Gasteiger partial charge in [0.15, 0.2) is 5.82 Å². The maximum absolute atomic E-state index is 13.2. The van der Waals surface area contributed by atoms with Crippen LogP contribution in [0.5, 0.6) is 0 Å². The third-order valence-electron chi connectivity index (χ3n) is 5.91. The maximum Gasteiger partial charge on any atom is 0.261 e. The predicted molar refractivity (Wildman–Crippen MR) is 133 cm³/mol. The number of nitrogens with one attached hydrogen (secondary N) is 1. The largest absolute Gasteiger partial charge is 0.351 e. The van der Waals surface area contributed by atoms with Crippen molar-refractivity contribution in [3.63, 3.8) is 0 Å². The van der Waals surface area contributed by atoms with Crippen molar-refractivity contribution in [1.82, 2.24) is 15.0 Å². The molecule has 1 aliphatic heterocycles. The van der Waals surface area contributed by atoms with E-state index >= 15 is 0 Å². The van der Waals surface area contributed by atoms with Crippen molar-refractivity contribution in [3.05, 3.63) is 58.7 Å². The second-order valence-corrected chi connectivity index (χ2v) is 11.8. The lowest BCUT2D eigenvalue weighted by Gasteiger charge is -2.31. The number of nitrogens with zero attached hydrogens (tertiary/aromatic N) is 4. The zero-order chi connectivity index (χ0) is 24.0. The Balaban J connectivity index is 1.72.